The summed E-state index contributed by atoms with van der Waals surface area (Å²) in [6.07, 6.45) is 2.39. The molecule has 1 amide bonds. The summed E-state index contributed by atoms with van der Waals surface area (Å²) in [5.74, 6) is -0.0487. The van der Waals surface area contributed by atoms with Crippen LogP contribution in [0.5, 0.6) is 0 Å². The molecule has 2 aliphatic rings. The third kappa shape index (κ3) is 2.48. The van der Waals surface area contributed by atoms with Crippen LogP contribution in [0, 0.1) is 11.3 Å². The second kappa shape index (κ2) is 5.36. The number of hydrogen-bond acceptors (Lipinski definition) is 3. The van der Waals surface area contributed by atoms with Crippen LogP contribution in [0.25, 0.3) is 0 Å². The average Bonchev–Trinajstić information content (AvgIpc) is 3.36. The van der Waals surface area contributed by atoms with Crippen LogP contribution in [-0.4, -0.2) is 41.3 Å². The van der Waals surface area contributed by atoms with Crippen molar-refractivity contribution in [1.82, 2.24) is 4.90 Å². The van der Waals surface area contributed by atoms with Gasteiger partial charge in [-0.15, -0.1) is 0 Å². The number of likely N-dealkylation sites (tertiary alicyclic amines) is 1. The molecule has 1 N–H and O–H groups in total. The van der Waals surface area contributed by atoms with E-state index in [0.29, 0.717) is 24.9 Å². The summed E-state index contributed by atoms with van der Waals surface area (Å²) in [4.78, 5) is 14.4. The normalized spacial score (nSPS) is 26.3. The number of aliphatic hydroxyl groups is 1. The van der Waals surface area contributed by atoms with E-state index in [0.717, 1.165) is 18.4 Å². The molecule has 1 saturated heterocycles. The molecular weight excluding hydrogens is 283 g/mol. The number of alkyl halides is 1. The van der Waals surface area contributed by atoms with E-state index in [1.807, 2.05) is 12.1 Å². The number of benzene rings is 1. The number of nitrogens with zero attached hydrogens (tertiary/aromatic N) is 2. The van der Waals surface area contributed by atoms with E-state index < -0.39 is 17.7 Å². The van der Waals surface area contributed by atoms with Gasteiger partial charge in [-0.3, -0.25) is 4.79 Å². The Morgan fingerprint density at radius 3 is 2.55 bits per heavy atom. The molecule has 0 radical (unpaired) electrons. The molecule has 0 aromatic heterocycles. The van der Waals surface area contributed by atoms with Gasteiger partial charge in [-0.05, 0) is 43.4 Å². The summed E-state index contributed by atoms with van der Waals surface area (Å²) in [6.45, 7) is -0.0243. The van der Waals surface area contributed by atoms with Crippen LogP contribution in [0.3, 0.4) is 0 Å². The van der Waals surface area contributed by atoms with Gasteiger partial charge in [0.05, 0.1) is 30.2 Å². The van der Waals surface area contributed by atoms with Gasteiger partial charge in [0, 0.05) is 6.54 Å². The summed E-state index contributed by atoms with van der Waals surface area (Å²) >= 11 is 0. The summed E-state index contributed by atoms with van der Waals surface area (Å²) in [7, 11) is 0. The Balaban J connectivity index is 1.80. The molecule has 22 heavy (non-hydrogen) atoms. The molecule has 2 fully saturated rings. The van der Waals surface area contributed by atoms with Gasteiger partial charge in [0.1, 0.15) is 0 Å². The molecule has 4 nitrogen and oxygen atoms in total. The van der Waals surface area contributed by atoms with E-state index in [-0.39, 0.29) is 12.5 Å². The standard InChI is InChI=1S/C17H19FN2O2/c18-16(12-21)6-1-9-20(11-16)15(22)17(7-8-17)14-4-2-13(10-19)3-5-14/h2-5,21H,1,6-9,11-12H2. The largest absolute Gasteiger partial charge is 0.393 e. The maximum Gasteiger partial charge on any atom is 0.233 e. The number of hydrogen-bond donors (Lipinski definition) is 1. The van der Waals surface area contributed by atoms with Gasteiger partial charge in [-0.25, -0.2) is 4.39 Å². The minimum absolute atomic E-state index is 0.0274. The van der Waals surface area contributed by atoms with E-state index in [2.05, 4.69) is 6.07 Å². The molecule has 1 aliphatic heterocycles. The van der Waals surface area contributed by atoms with Crippen molar-refractivity contribution >= 4 is 5.91 Å². The van der Waals surface area contributed by atoms with Gasteiger partial charge in [-0.1, -0.05) is 12.1 Å². The second-order valence-electron chi connectivity index (χ2n) is 6.41. The first kappa shape index (κ1) is 15.0. The van der Waals surface area contributed by atoms with Crippen molar-refractivity contribution in [2.24, 2.45) is 0 Å². The molecule has 1 heterocycles. The summed E-state index contributed by atoms with van der Waals surface area (Å²) < 4.78 is 14.3. The van der Waals surface area contributed by atoms with E-state index in [1.165, 1.54) is 0 Å². The van der Waals surface area contributed by atoms with Crippen molar-refractivity contribution < 1.29 is 14.3 Å². The van der Waals surface area contributed by atoms with Crippen molar-refractivity contribution in [2.45, 2.75) is 36.8 Å². The van der Waals surface area contributed by atoms with E-state index >= 15 is 0 Å². The molecule has 1 aromatic carbocycles. The Labute approximate surface area is 129 Å². The zero-order valence-corrected chi connectivity index (χ0v) is 12.4. The molecule has 0 bridgehead atoms. The fourth-order valence-electron chi connectivity index (χ4n) is 3.31. The number of nitriles is 1. The number of amides is 1. The van der Waals surface area contributed by atoms with Crippen LogP contribution in [0.15, 0.2) is 24.3 Å². The lowest BCUT2D eigenvalue weighted by Gasteiger charge is -2.38. The predicted octanol–water partition coefficient (Wildman–Crippen LogP) is 1.91. The van der Waals surface area contributed by atoms with Crippen LogP contribution in [0.1, 0.15) is 36.8 Å². The highest BCUT2D eigenvalue weighted by Gasteiger charge is 2.54. The van der Waals surface area contributed by atoms with Crippen LogP contribution in [-0.2, 0) is 10.2 Å². The molecule has 1 aromatic rings. The van der Waals surface area contributed by atoms with Crippen LogP contribution in [0.2, 0.25) is 0 Å². The third-order valence-corrected chi connectivity index (χ3v) is 4.82. The molecule has 0 spiro atoms. The van der Waals surface area contributed by atoms with Gasteiger partial charge < -0.3 is 10.0 Å². The van der Waals surface area contributed by atoms with Crippen molar-refractivity contribution in [2.75, 3.05) is 19.7 Å². The van der Waals surface area contributed by atoms with E-state index in [1.54, 1.807) is 17.0 Å². The minimum Gasteiger partial charge on any atom is -0.393 e. The van der Waals surface area contributed by atoms with Crippen LogP contribution in [0.4, 0.5) is 4.39 Å². The first-order chi connectivity index (χ1) is 10.5. The second-order valence-corrected chi connectivity index (χ2v) is 6.41. The highest BCUT2D eigenvalue weighted by Crippen LogP contribution is 2.50. The minimum atomic E-state index is -1.67. The van der Waals surface area contributed by atoms with Gasteiger partial charge in [0.2, 0.25) is 5.91 Å². The predicted molar refractivity (Wildman–Crippen MR) is 78.8 cm³/mol. The number of aliphatic hydroxyl groups excluding tert-OH is 1. The smallest absolute Gasteiger partial charge is 0.233 e. The molecule has 1 atom stereocenters. The van der Waals surface area contributed by atoms with E-state index in [4.69, 9.17) is 5.26 Å². The average molecular weight is 302 g/mol. The Morgan fingerprint density at radius 1 is 1.32 bits per heavy atom. The topological polar surface area (TPSA) is 64.3 Å². The van der Waals surface area contributed by atoms with Crippen LogP contribution < -0.4 is 0 Å². The Morgan fingerprint density at radius 2 is 2.00 bits per heavy atom. The molecule has 1 saturated carbocycles. The molecular formula is C17H19FN2O2. The molecule has 3 rings (SSSR count). The Hall–Kier alpha value is -1.93. The zero-order valence-electron chi connectivity index (χ0n) is 12.4. The molecule has 116 valence electrons. The third-order valence-electron chi connectivity index (χ3n) is 4.82. The summed E-state index contributed by atoms with van der Waals surface area (Å²) in [6, 6.07) is 9.14. The summed E-state index contributed by atoms with van der Waals surface area (Å²) in [5, 5.41) is 18.1. The number of piperidine rings is 1. The fraction of sp³-hybridized carbons (Fsp3) is 0.529. The number of rotatable bonds is 3. The number of halogens is 1. The highest BCUT2D eigenvalue weighted by molar-refractivity contribution is 5.91. The monoisotopic (exact) mass is 302 g/mol. The maximum absolute atomic E-state index is 14.3. The van der Waals surface area contributed by atoms with Crippen molar-refractivity contribution in [3.8, 4) is 6.07 Å². The van der Waals surface area contributed by atoms with Crippen molar-refractivity contribution in [3.05, 3.63) is 35.4 Å². The van der Waals surface area contributed by atoms with Gasteiger partial charge in [0.25, 0.3) is 0 Å². The SMILES string of the molecule is N#Cc1ccc(C2(C(=O)N3CCCC(F)(CO)C3)CC2)cc1. The van der Waals surface area contributed by atoms with Crippen molar-refractivity contribution in [1.29, 1.82) is 5.26 Å². The van der Waals surface area contributed by atoms with Crippen LogP contribution >= 0.6 is 0 Å². The quantitative estimate of drug-likeness (QED) is 0.927. The van der Waals surface area contributed by atoms with E-state index in [9.17, 15) is 14.3 Å². The summed E-state index contributed by atoms with van der Waals surface area (Å²) in [5.41, 5.74) is -0.764. The van der Waals surface area contributed by atoms with Gasteiger partial charge in [0.15, 0.2) is 5.67 Å². The Kier molecular flexibility index (Phi) is 3.65. The lowest BCUT2D eigenvalue weighted by Crippen LogP contribution is -2.52. The first-order valence-corrected chi connectivity index (χ1v) is 7.63. The maximum atomic E-state index is 14.3. The number of carbonyl (C=O) groups excluding carboxylic acids is 1. The molecule has 1 aliphatic carbocycles. The zero-order chi connectivity index (χ0) is 15.8. The lowest BCUT2D eigenvalue weighted by molar-refractivity contribution is -0.139. The van der Waals surface area contributed by atoms with Gasteiger partial charge >= 0.3 is 0 Å². The van der Waals surface area contributed by atoms with Crippen molar-refractivity contribution in [3.63, 3.8) is 0 Å². The lowest BCUT2D eigenvalue weighted by atomic mass is 9.90. The number of carbonyl (C=O) groups is 1. The first-order valence-electron chi connectivity index (χ1n) is 7.63. The Bertz CT molecular complexity index is 619. The molecule has 1 unspecified atom stereocenters. The highest BCUT2D eigenvalue weighted by atomic mass is 19.1. The van der Waals surface area contributed by atoms with Gasteiger partial charge in [-0.2, -0.15) is 5.26 Å². The molecule has 5 heteroatoms. The fourth-order valence-corrected chi connectivity index (χ4v) is 3.31.